The molecule has 0 unspecified atom stereocenters. The van der Waals surface area contributed by atoms with Crippen molar-refractivity contribution in [1.82, 2.24) is 14.7 Å². The molecule has 0 spiro atoms. The summed E-state index contributed by atoms with van der Waals surface area (Å²) in [6, 6.07) is 16.2. The number of nitrogens with one attached hydrogen (secondary N) is 1. The summed E-state index contributed by atoms with van der Waals surface area (Å²) in [6.07, 6.45) is 1.46. The van der Waals surface area contributed by atoms with Gasteiger partial charge in [-0.15, -0.1) is 0 Å². The van der Waals surface area contributed by atoms with Crippen LogP contribution in [-0.2, 0) is 11.3 Å². The molecule has 0 bridgehead atoms. The van der Waals surface area contributed by atoms with E-state index in [1.54, 1.807) is 12.1 Å². The van der Waals surface area contributed by atoms with Crippen molar-refractivity contribution in [3.05, 3.63) is 87.5 Å². The molecule has 4 aromatic rings. The Bertz CT molecular complexity index is 1270. The van der Waals surface area contributed by atoms with Crippen LogP contribution in [0.5, 0.6) is 0 Å². The highest BCUT2D eigenvalue weighted by molar-refractivity contribution is 9.10. The van der Waals surface area contributed by atoms with Crippen molar-refractivity contribution in [3.8, 4) is 22.8 Å². The van der Waals surface area contributed by atoms with Crippen LogP contribution in [0.25, 0.3) is 22.8 Å². The van der Waals surface area contributed by atoms with Gasteiger partial charge in [0.25, 0.3) is 11.4 Å². The Morgan fingerprint density at radius 2 is 1.87 bits per heavy atom. The maximum absolute atomic E-state index is 13.7. The quantitative estimate of drug-likeness (QED) is 0.475. The minimum atomic E-state index is -0.557. The van der Waals surface area contributed by atoms with Crippen molar-refractivity contribution in [2.45, 2.75) is 6.54 Å². The van der Waals surface area contributed by atoms with E-state index in [2.05, 4.69) is 31.4 Å². The fourth-order valence-electron chi connectivity index (χ4n) is 2.78. The predicted molar refractivity (Wildman–Crippen MR) is 112 cm³/mol. The number of halogens is 2. The van der Waals surface area contributed by atoms with Crippen molar-refractivity contribution >= 4 is 27.5 Å². The highest BCUT2D eigenvalue weighted by Gasteiger charge is 2.16. The van der Waals surface area contributed by atoms with Crippen LogP contribution in [0, 0.1) is 5.82 Å². The molecule has 30 heavy (non-hydrogen) atoms. The first-order chi connectivity index (χ1) is 14.5. The molecule has 0 fully saturated rings. The SMILES string of the molecule is O=C(Cn1cccc(-c2nc(-c3ccc(Br)cc3)no2)c1=O)Nc1ccccc1F. The van der Waals surface area contributed by atoms with Gasteiger partial charge in [0, 0.05) is 16.2 Å². The molecule has 9 heteroatoms. The minimum absolute atomic E-state index is 0.0433. The molecular weight excluding hydrogens is 455 g/mol. The zero-order valence-electron chi connectivity index (χ0n) is 15.4. The molecule has 2 heterocycles. The molecule has 7 nitrogen and oxygen atoms in total. The van der Waals surface area contributed by atoms with Gasteiger partial charge in [-0.1, -0.05) is 33.2 Å². The molecule has 0 aliphatic carbocycles. The van der Waals surface area contributed by atoms with Crippen molar-refractivity contribution in [2.75, 3.05) is 5.32 Å². The lowest BCUT2D eigenvalue weighted by Gasteiger charge is -2.08. The van der Waals surface area contributed by atoms with Crippen LogP contribution in [0.3, 0.4) is 0 Å². The van der Waals surface area contributed by atoms with Crippen molar-refractivity contribution < 1.29 is 13.7 Å². The Hall–Kier alpha value is -3.59. The van der Waals surface area contributed by atoms with E-state index in [-0.39, 0.29) is 23.7 Å². The second-order valence-electron chi connectivity index (χ2n) is 6.31. The smallest absolute Gasteiger partial charge is 0.263 e. The third-order valence-electron chi connectivity index (χ3n) is 4.24. The summed E-state index contributed by atoms with van der Waals surface area (Å²) in [5.41, 5.74) is 0.454. The van der Waals surface area contributed by atoms with E-state index in [1.165, 1.54) is 35.0 Å². The van der Waals surface area contributed by atoms with Gasteiger partial charge in [-0.25, -0.2) is 4.39 Å². The highest BCUT2D eigenvalue weighted by atomic mass is 79.9. The number of benzene rings is 2. The number of rotatable bonds is 5. The molecule has 2 aromatic carbocycles. The first kappa shape index (κ1) is 19.7. The summed E-state index contributed by atoms with van der Waals surface area (Å²) in [5.74, 6) is -0.718. The number of carbonyl (C=O) groups is 1. The molecule has 0 aliphatic heterocycles. The zero-order chi connectivity index (χ0) is 21.1. The van der Waals surface area contributed by atoms with Gasteiger partial charge >= 0.3 is 0 Å². The number of carbonyl (C=O) groups excluding carboxylic acids is 1. The lowest BCUT2D eigenvalue weighted by molar-refractivity contribution is -0.116. The molecule has 0 atom stereocenters. The Kier molecular flexibility index (Phi) is 5.53. The molecule has 0 saturated heterocycles. The number of nitrogens with zero attached hydrogens (tertiary/aromatic N) is 3. The number of aromatic nitrogens is 3. The second-order valence-corrected chi connectivity index (χ2v) is 7.23. The Morgan fingerprint density at radius 1 is 1.10 bits per heavy atom. The normalized spacial score (nSPS) is 10.7. The van der Waals surface area contributed by atoms with Gasteiger partial charge < -0.3 is 14.4 Å². The van der Waals surface area contributed by atoms with E-state index in [4.69, 9.17) is 4.52 Å². The van der Waals surface area contributed by atoms with Crippen LogP contribution in [0.15, 0.2) is 80.7 Å². The van der Waals surface area contributed by atoms with Crippen LogP contribution in [0.2, 0.25) is 0 Å². The van der Waals surface area contributed by atoms with E-state index in [9.17, 15) is 14.0 Å². The van der Waals surface area contributed by atoms with E-state index in [0.29, 0.717) is 5.82 Å². The van der Waals surface area contributed by atoms with Crippen molar-refractivity contribution in [3.63, 3.8) is 0 Å². The standard InChI is InChI=1S/C21H14BrFN4O3/c22-14-9-7-13(8-10-14)19-25-20(30-26-19)15-4-3-11-27(21(15)29)12-18(28)24-17-6-2-1-5-16(17)23/h1-11H,12H2,(H,24,28). The summed E-state index contributed by atoms with van der Waals surface area (Å²) >= 11 is 3.36. The summed E-state index contributed by atoms with van der Waals surface area (Å²) in [6.45, 7) is -0.297. The van der Waals surface area contributed by atoms with E-state index < -0.39 is 17.3 Å². The number of anilines is 1. The molecule has 1 N–H and O–H groups in total. The molecular formula is C21H14BrFN4O3. The van der Waals surface area contributed by atoms with E-state index in [0.717, 1.165) is 10.0 Å². The van der Waals surface area contributed by atoms with Gasteiger partial charge in [-0.3, -0.25) is 9.59 Å². The first-order valence-electron chi connectivity index (χ1n) is 8.85. The van der Waals surface area contributed by atoms with Crippen LogP contribution in [0.4, 0.5) is 10.1 Å². The number of hydrogen-bond acceptors (Lipinski definition) is 5. The van der Waals surface area contributed by atoms with Crippen molar-refractivity contribution in [1.29, 1.82) is 0 Å². The Morgan fingerprint density at radius 3 is 2.63 bits per heavy atom. The highest BCUT2D eigenvalue weighted by Crippen LogP contribution is 2.22. The maximum atomic E-state index is 13.7. The fourth-order valence-corrected chi connectivity index (χ4v) is 3.04. The Labute approximate surface area is 178 Å². The van der Waals surface area contributed by atoms with Crippen LogP contribution >= 0.6 is 15.9 Å². The number of pyridine rings is 1. The van der Waals surface area contributed by atoms with Gasteiger partial charge in [0.2, 0.25) is 11.7 Å². The van der Waals surface area contributed by atoms with Crippen LogP contribution < -0.4 is 10.9 Å². The molecule has 4 rings (SSSR count). The van der Waals surface area contributed by atoms with Gasteiger partial charge in [-0.2, -0.15) is 4.98 Å². The van der Waals surface area contributed by atoms with Gasteiger partial charge in [-0.05, 0) is 48.5 Å². The molecule has 0 radical (unpaired) electrons. The molecule has 0 saturated carbocycles. The van der Waals surface area contributed by atoms with Gasteiger partial charge in [0.05, 0.1) is 5.69 Å². The molecule has 2 aromatic heterocycles. The lowest BCUT2D eigenvalue weighted by Crippen LogP contribution is -2.28. The third-order valence-corrected chi connectivity index (χ3v) is 4.77. The first-order valence-corrected chi connectivity index (χ1v) is 9.64. The number of amides is 1. The topological polar surface area (TPSA) is 90.0 Å². The zero-order valence-corrected chi connectivity index (χ0v) is 17.0. The van der Waals surface area contributed by atoms with Gasteiger partial charge in [0.15, 0.2) is 0 Å². The predicted octanol–water partition coefficient (Wildman–Crippen LogP) is 4.11. The van der Waals surface area contributed by atoms with Crippen LogP contribution in [0.1, 0.15) is 0 Å². The average Bonchev–Trinajstić information content (AvgIpc) is 3.22. The Balaban J connectivity index is 1.56. The van der Waals surface area contributed by atoms with Crippen LogP contribution in [-0.4, -0.2) is 20.6 Å². The average molecular weight is 469 g/mol. The third kappa shape index (κ3) is 4.20. The maximum Gasteiger partial charge on any atom is 0.263 e. The summed E-state index contributed by atoms with van der Waals surface area (Å²) < 4.78 is 21.1. The van der Waals surface area contributed by atoms with E-state index in [1.807, 2.05) is 24.3 Å². The summed E-state index contributed by atoms with van der Waals surface area (Å²) in [5, 5.41) is 6.37. The van der Waals surface area contributed by atoms with E-state index >= 15 is 0 Å². The lowest BCUT2D eigenvalue weighted by atomic mass is 10.2. The van der Waals surface area contributed by atoms with Gasteiger partial charge in [0.1, 0.15) is 17.9 Å². The van der Waals surface area contributed by atoms with Crippen molar-refractivity contribution in [2.24, 2.45) is 0 Å². The minimum Gasteiger partial charge on any atom is -0.333 e. The largest absolute Gasteiger partial charge is 0.333 e. The second kappa shape index (κ2) is 8.42. The monoisotopic (exact) mass is 468 g/mol. The fraction of sp³-hybridized carbons (Fsp3) is 0.0476. The number of hydrogen-bond donors (Lipinski definition) is 1. The number of para-hydroxylation sites is 1. The molecule has 0 aliphatic rings. The summed E-state index contributed by atoms with van der Waals surface area (Å²) in [7, 11) is 0. The summed E-state index contributed by atoms with van der Waals surface area (Å²) in [4.78, 5) is 29.3. The molecule has 1 amide bonds. The molecule has 150 valence electrons.